The molecule has 2 aliphatic heterocycles. The lowest BCUT2D eigenvalue weighted by atomic mass is 9.92. The molecule has 0 unspecified atom stereocenters. The van der Waals surface area contributed by atoms with Crippen molar-refractivity contribution in [2.24, 2.45) is 5.92 Å². The number of carbonyl (C=O) groups excluding carboxylic acids is 1. The summed E-state index contributed by atoms with van der Waals surface area (Å²) in [4.78, 5) is 19.2. The van der Waals surface area contributed by atoms with Gasteiger partial charge in [0.05, 0.1) is 5.69 Å². The van der Waals surface area contributed by atoms with Gasteiger partial charge in [0.15, 0.2) is 5.13 Å². The van der Waals surface area contributed by atoms with Crippen LogP contribution in [0.5, 0.6) is 0 Å². The molecule has 5 nitrogen and oxygen atoms in total. The molecule has 2 saturated heterocycles. The minimum Gasteiger partial charge on any atom is -0.355 e. The molecule has 2 fully saturated rings. The molecule has 0 aliphatic carbocycles. The number of piperidine rings is 1. The fourth-order valence-corrected chi connectivity index (χ4v) is 4.21. The Morgan fingerprint density at radius 2 is 2.26 bits per heavy atom. The highest BCUT2D eigenvalue weighted by molar-refractivity contribution is 7.13. The fourth-order valence-electron chi connectivity index (χ4n) is 3.29. The number of nitrogens with one attached hydrogen (secondary N) is 2. The van der Waals surface area contributed by atoms with E-state index in [1.165, 1.54) is 12.8 Å². The maximum atomic E-state index is 12.2. The van der Waals surface area contributed by atoms with E-state index in [2.05, 4.69) is 27.8 Å². The van der Waals surface area contributed by atoms with Crippen molar-refractivity contribution < 1.29 is 4.79 Å². The Labute approximate surface area is 148 Å². The van der Waals surface area contributed by atoms with E-state index in [0.29, 0.717) is 12.6 Å². The van der Waals surface area contributed by atoms with Gasteiger partial charge in [0, 0.05) is 43.4 Å². The van der Waals surface area contributed by atoms with E-state index in [1.807, 2.05) is 0 Å². The van der Waals surface area contributed by atoms with Crippen LogP contribution >= 0.6 is 23.7 Å². The van der Waals surface area contributed by atoms with Gasteiger partial charge in [-0.1, -0.05) is 0 Å². The molecule has 3 heterocycles. The SMILES string of the molecule is C[C@H]1C[C@@H](C(=O)NCCc2csc(N3CCCC3)n2)CCN1.Cl. The first-order valence-corrected chi connectivity index (χ1v) is 9.31. The molecule has 0 aromatic carbocycles. The first-order valence-electron chi connectivity index (χ1n) is 8.43. The maximum absolute atomic E-state index is 12.2. The average Bonchev–Trinajstić information content (AvgIpc) is 3.18. The smallest absolute Gasteiger partial charge is 0.223 e. The van der Waals surface area contributed by atoms with Crippen molar-refractivity contribution in [3.05, 3.63) is 11.1 Å². The van der Waals surface area contributed by atoms with Crippen molar-refractivity contribution in [1.29, 1.82) is 0 Å². The highest BCUT2D eigenvalue weighted by Crippen LogP contribution is 2.24. The molecule has 2 aliphatic rings. The van der Waals surface area contributed by atoms with Gasteiger partial charge in [-0.2, -0.15) is 0 Å². The summed E-state index contributed by atoms with van der Waals surface area (Å²) in [7, 11) is 0. The Morgan fingerprint density at radius 3 is 3.00 bits per heavy atom. The molecule has 130 valence electrons. The van der Waals surface area contributed by atoms with Crippen LogP contribution in [0, 0.1) is 5.92 Å². The number of anilines is 1. The molecule has 0 radical (unpaired) electrons. The number of amides is 1. The Kier molecular flexibility index (Phi) is 7.11. The Bertz CT molecular complexity index is 504. The molecule has 23 heavy (non-hydrogen) atoms. The molecule has 1 aromatic heterocycles. The van der Waals surface area contributed by atoms with Crippen LogP contribution in [0.1, 0.15) is 38.3 Å². The number of hydrogen-bond donors (Lipinski definition) is 2. The molecule has 0 bridgehead atoms. The van der Waals surface area contributed by atoms with Crippen molar-refractivity contribution in [3.63, 3.8) is 0 Å². The third-order valence-electron chi connectivity index (χ3n) is 4.59. The zero-order valence-electron chi connectivity index (χ0n) is 13.7. The molecule has 7 heteroatoms. The molecule has 2 atom stereocenters. The molecule has 1 amide bonds. The van der Waals surface area contributed by atoms with Crippen LogP contribution in [0.2, 0.25) is 0 Å². The quantitative estimate of drug-likeness (QED) is 0.847. The van der Waals surface area contributed by atoms with E-state index < -0.39 is 0 Å². The number of nitrogens with zero attached hydrogens (tertiary/aromatic N) is 2. The van der Waals surface area contributed by atoms with Gasteiger partial charge in [-0.25, -0.2) is 4.98 Å². The van der Waals surface area contributed by atoms with Crippen LogP contribution in [0.4, 0.5) is 5.13 Å². The monoisotopic (exact) mass is 358 g/mol. The number of hydrogen-bond acceptors (Lipinski definition) is 5. The van der Waals surface area contributed by atoms with E-state index in [0.717, 1.165) is 49.7 Å². The zero-order valence-corrected chi connectivity index (χ0v) is 15.3. The maximum Gasteiger partial charge on any atom is 0.223 e. The summed E-state index contributed by atoms with van der Waals surface area (Å²) >= 11 is 1.73. The van der Waals surface area contributed by atoms with Crippen molar-refractivity contribution in [2.45, 2.75) is 45.1 Å². The average molecular weight is 359 g/mol. The predicted molar refractivity (Wildman–Crippen MR) is 97.7 cm³/mol. The summed E-state index contributed by atoms with van der Waals surface area (Å²) in [5.41, 5.74) is 1.10. The van der Waals surface area contributed by atoms with Gasteiger partial charge in [0.1, 0.15) is 0 Å². The highest BCUT2D eigenvalue weighted by Gasteiger charge is 2.24. The minimum atomic E-state index is 0. The van der Waals surface area contributed by atoms with Gasteiger partial charge in [-0.05, 0) is 39.2 Å². The van der Waals surface area contributed by atoms with Crippen molar-refractivity contribution in [1.82, 2.24) is 15.6 Å². The molecule has 1 aromatic rings. The van der Waals surface area contributed by atoms with Crippen LogP contribution in [0.15, 0.2) is 5.38 Å². The van der Waals surface area contributed by atoms with Crippen molar-refractivity contribution in [2.75, 3.05) is 31.1 Å². The summed E-state index contributed by atoms with van der Waals surface area (Å²) in [6.45, 7) is 6.06. The lowest BCUT2D eigenvalue weighted by Crippen LogP contribution is -2.42. The molecular formula is C16H27ClN4OS. The second-order valence-electron chi connectivity index (χ2n) is 6.43. The number of carbonyl (C=O) groups is 1. The van der Waals surface area contributed by atoms with E-state index in [9.17, 15) is 4.79 Å². The predicted octanol–water partition coefficient (Wildman–Crippen LogP) is 2.21. The fraction of sp³-hybridized carbons (Fsp3) is 0.750. The number of halogens is 1. The van der Waals surface area contributed by atoms with Gasteiger partial charge in [-0.3, -0.25) is 4.79 Å². The second-order valence-corrected chi connectivity index (χ2v) is 7.27. The molecule has 0 spiro atoms. The molecule has 2 N–H and O–H groups in total. The molecule has 0 saturated carbocycles. The summed E-state index contributed by atoms with van der Waals surface area (Å²) in [5.74, 6) is 0.384. The Hall–Kier alpha value is -0.850. The Balaban J connectivity index is 0.00000192. The summed E-state index contributed by atoms with van der Waals surface area (Å²) < 4.78 is 0. The standard InChI is InChI=1S/C16H26N4OS.ClH/c1-12-10-13(4-6-17-12)15(21)18-7-5-14-11-22-16(19-14)20-8-2-3-9-20;/h11-13,17H,2-10H2,1H3,(H,18,21);1H/t12-,13-;/m0./s1. The second kappa shape index (κ2) is 8.85. The largest absolute Gasteiger partial charge is 0.355 e. The number of rotatable bonds is 5. The van der Waals surface area contributed by atoms with E-state index >= 15 is 0 Å². The number of aromatic nitrogens is 1. The first-order chi connectivity index (χ1) is 10.7. The lowest BCUT2D eigenvalue weighted by molar-refractivity contribution is -0.126. The van der Waals surface area contributed by atoms with Crippen LogP contribution in [0.3, 0.4) is 0 Å². The van der Waals surface area contributed by atoms with Gasteiger partial charge in [0.25, 0.3) is 0 Å². The van der Waals surface area contributed by atoms with Crippen LogP contribution in [-0.4, -0.2) is 43.1 Å². The van der Waals surface area contributed by atoms with Gasteiger partial charge in [0.2, 0.25) is 5.91 Å². The van der Waals surface area contributed by atoms with Crippen molar-refractivity contribution >= 4 is 34.8 Å². The normalized spacial score (nSPS) is 24.3. The first kappa shape index (κ1) is 18.5. The highest BCUT2D eigenvalue weighted by atomic mass is 35.5. The van der Waals surface area contributed by atoms with Gasteiger partial charge in [-0.15, -0.1) is 23.7 Å². The third kappa shape index (κ3) is 5.06. The van der Waals surface area contributed by atoms with Crippen LogP contribution < -0.4 is 15.5 Å². The Morgan fingerprint density at radius 1 is 1.48 bits per heavy atom. The number of thiazole rings is 1. The van der Waals surface area contributed by atoms with E-state index in [1.54, 1.807) is 11.3 Å². The third-order valence-corrected chi connectivity index (χ3v) is 5.54. The van der Waals surface area contributed by atoms with Gasteiger partial charge >= 0.3 is 0 Å². The van der Waals surface area contributed by atoms with Crippen LogP contribution in [0.25, 0.3) is 0 Å². The van der Waals surface area contributed by atoms with Gasteiger partial charge < -0.3 is 15.5 Å². The van der Waals surface area contributed by atoms with E-state index in [-0.39, 0.29) is 24.2 Å². The summed E-state index contributed by atoms with van der Waals surface area (Å²) in [5, 5.41) is 9.75. The zero-order chi connectivity index (χ0) is 15.4. The molecule has 3 rings (SSSR count). The minimum absolute atomic E-state index is 0. The topological polar surface area (TPSA) is 57.3 Å². The van der Waals surface area contributed by atoms with Crippen LogP contribution in [-0.2, 0) is 11.2 Å². The summed E-state index contributed by atoms with van der Waals surface area (Å²) in [6.07, 6.45) is 5.28. The lowest BCUT2D eigenvalue weighted by Gasteiger charge is -2.27. The molecular weight excluding hydrogens is 332 g/mol. The summed E-state index contributed by atoms with van der Waals surface area (Å²) in [6, 6.07) is 0.450. The van der Waals surface area contributed by atoms with E-state index in [4.69, 9.17) is 4.98 Å². The van der Waals surface area contributed by atoms with Crippen molar-refractivity contribution in [3.8, 4) is 0 Å².